The van der Waals surface area contributed by atoms with Gasteiger partial charge >= 0.3 is 0 Å². The topological polar surface area (TPSA) is 62.6 Å². The molecule has 0 bridgehead atoms. The van der Waals surface area contributed by atoms with E-state index in [0.29, 0.717) is 0 Å². The van der Waals surface area contributed by atoms with E-state index in [1.807, 2.05) is 63.0 Å². The average molecular weight is 462 g/mol. The van der Waals surface area contributed by atoms with Crippen LogP contribution in [0.25, 0.3) is 11.1 Å². The van der Waals surface area contributed by atoms with Crippen LogP contribution in [0, 0.1) is 13.8 Å². The number of carbonyl (C=O) groups excluding carboxylic acids is 1. The van der Waals surface area contributed by atoms with Crippen LogP contribution < -0.4 is 15.0 Å². The number of hydrogen-bond donors (Lipinski definition) is 1. The molecule has 7 nitrogen and oxygen atoms in total. The van der Waals surface area contributed by atoms with Crippen molar-refractivity contribution in [3.63, 3.8) is 0 Å². The molecule has 4 rings (SSSR count). The highest BCUT2D eigenvalue weighted by Gasteiger charge is 2.19. The lowest BCUT2D eigenvalue weighted by Crippen LogP contribution is -2.44. The Kier molecular flexibility index (Phi) is 6.93. The fourth-order valence-electron chi connectivity index (χ4n) is 4.40. The zero-order chi connectivity index (χ0) is 24.4. The highest BCUT2D eigenvalue weighted by atomic mass is 16.5. The van der Waals surface area contributed by atoms with Crippen molar-refractivity contribution in [2.75, 3.05) is 45.2 Å². The van der Waals surface area contributed by atoms with Gasteiger partial charge in [-0.1, -0.05) is 6.07 Å². The molecule has 1 aliphatic heterocycles. The Bertz CT molecular complexity index is 1180. The van der Waals surface area contributed by atoms with E-state index in [4.69, 9.17) is 4.74 Å². The minimum absolute atomic E-state index is 0.0668. The van der Waals surface area contributed by atoms with E-state index in [1.54, 1.807) is 7.11 Å². The summed E-state index contributed by atoms with van der Waals surface area (Å²) >= 11 is 0. The van der Waals surface area contributed by atoms with Crippen LogP contribution >= 0.6 is 0 Å². The molecule has 0 spiro atoms. The van der Waals surface area contributed by atoms with Crippen LogP contribution in [0.4, 0.5) is 5.69 Å². The van der Waals surface area contributed by atoms with Gasteiger partial charge in [-0.2, -0.15) is 5.10 Å². The van der Waals surface area contributed by atoms with E-state index in [1.165, 1.54) is 0 Å². The fraction of sp³-hybridized carbons (Fsp3) is 0.407. The van der Waals surface area contributed by atoms with E-state index in [9.17, 15) is 4.79 Å². The summed E-state index contributed by atoms with van der Waals surface area (Å²) in [5.74, 6) is 0.688. The van der Waals surface area contributed by atoms with Crippen LogP contribution in [0.15, 0.2) is 42.6 Å². The van der Waals surface area contributed by atoms with Crippen LogP contribution in [-0.4, -0.2) is 60.9 Å². The molecule has 1 fully saturated rings. The molecular weight excluding hydrogens is 426 g/mol. The predicted molar refractivity (Wildman–Crippen MR) is 137 cm³/mol. The number of ether oxygens (including phenoxy) is 1. The van der Waals surface area contributed by atoms with Crippen molar-refractivity contribution in [3.8, 4) is 16.9 Å². The first kappa shape index (κ1) is 23.8. The summed E-state index contributed by atoms with van der Waals surface area (Å²) in [6, 6.07) is 12.1. The molecular formula is C27H35N5O2. The number of benzene rings is 2. The molecule has 0 aliphatic carbocycles. The standard InChI is InChI=1S/C27H35N5O2/c1-18-7-8-23(32-11-9-30(4)10-12-32)16-25(18)27(33)29-19(2)21-13-22(15-24(14-21)34-6)26-17-28-31(5)20(26)3/h7-8,13-17,19H,9-12H2,1-6H3,(H,29,33)/t19-/m1/s1. The number of piperazine rings is 1. The van der Waals surface area contributed by atoms with Gasteiger partial charge in [0.2, 0.25) is 0 Å². The SMILES string of the molecule is COc1cc(-c2cnn(C)c2C)cc([C@@H](C)NC(=O)c2cc(N3CCN(C)CC3)ccc2C)c1. The van der Waals surface area contributed by atoms with E-state index in [-0.39, 0.29) is 11.9 Å². The van der Waals surface area contributed by atoms with Crippen molar-refractivity contribution in [2.24, 2.45) is 7.05 Å². The Balaban J connectivity index is 1.56. The largest absolute Gasteiger partial charge is 0.497 e. The van der Waals surface area contributed by atoms with Crippen molar-refractivity contribution < 1.29 is 9.53 Å². The van der Waals surface area contributed by atoms with Crippen LogP contribution in [0.1, 0.15) is 40.1 Å². The van der Waals surface area contributed by atoms with E-state index in [2.05, 4.69) is 39.4 Å². The first-order valence-electron chi connectivity index (χ1n) is 11.8. The van der Waals surface area contributed by atoms with Gasteiger partial charge in [0.05, 0.1) is 19.3 Å². The third-order valence-corrected chi connectivity index (χ3v) is 6.89. The molecule has 180 valence electrons. The number of anilines is 1. The molecule has 2 heterocycles. The lowest BCUT2D eigenvalue weighted by atomic mass is 9.99. The Labute approximate surface area is 202 Å². The lowest BCUT2D eigenvalue weighted by molar-refractivity contribution is 0.0939. The molecule has 1 aliphatic rings. The second-order valence-electron chi connectivity index (χ2n) is 9.25. The Morgan fingerprint density at radius 2 is 1.79 bits per heavy atom. The monoisotopic (exact) mass is 461 g/mol. The van der Waals surface area contributed by atoms with Gasteiger partial charge < -0.3 is 19.9 Å². The number of rotatable bonds is 6. The molecule has 1 N–H and O–H groups in total. The molecule has 0 saturated carbocycles. The minimum Gasteiger partial charge on any atom is -0.497 e. The van der Waals surface area contributed by atoms with E-state index < -0.39 is 0 Å². The van der Waals surface area contributed by atoms with Crippen molar-refractivity contribution in [1.82, 2.24) is 20.0 Å². The average Bonchev–Trinajstić information content (AvgIpc) is 3.17. The lowest BCUT2D eigenvalue weighted by Gasteiger charge is -2.34. The summed E-state index contributed by atoms with van der Waals surface area (Å²) in [7, 11) is 5.74. The maximum atomic E-state index is 13.3. The summed E-state index contributed by atoms with van der Waals surface area (Å²) in [5.41, 5.74) is 6.93. The van der Waals surface area contributed by atoms with Gasteiger partial charge in [0, 0.05) is 55.7 Å². The zero-order valence-corrected chi connectivity index (χ0v) is 21.1. The smallest absolute Gasteiger partial charge is 0.252 e. The first-order chi connectivity index (χ1) is 16.3. The highest BCUT2D eigenvalue weighted by molar-refractivity contribution is 5.97. The van der Waals surface area contributed by atoms with Gasteiger partial charge in [0.25, 0.3) is 5.91 Å². The number of nitrogens with zero attached hydrogens (tertiary/aromatic N) is 4. The molecule has 1 saturated heterocycles. The molecule has 1 aromatic heterocycles. The summed E-state index contributed by atoms with van der Waals surface area (Å²) in [6.07, 6.45) is 1.87. The van der Waals surface area contributed by atoms with Crippen LogP contribution in [0.5, 0.6) is 5.75 Å². The predicted octanol–water partition coefficient (Wildman–Crippen LogP) is 3.96. The molecule has 1 atom stereocenters. The molecule has 7 heteroatoms. The number of methoxy groups -OCH3 is 1. The third-order valence-electron chi connectivity index (χ3n) is 6.89. The normalized spacial score (nSPS) is 15.3. The molecule has 2 aromatic carbocycles. The number of aryl methyl sites for hydroxylation is 2. The maximum absolute atomic E-state index is 13.3. The van der Waals surface area contributed by atoms with E-state index in [0.717, 1.165) is 71.1 Å². The van der Waals surface area contributed by atoms with Crippen molar-refractivity contribution in [3.05, 3.63) is 65.0 Å². The van der Waals surface area contributed by atoms with Crippen molar-refractivity contribution >= 4 is 11.6 Å². The van der Waals surface area contributed by atoms with Crippen molar-refractivity contribution in [2.45, 2.75) is 26.8 Å². The molecule has 1 amide bonds. The maximum Gasteiger partial charge on any atom is 0.252 e. The molecule has 0 radical (unpaired) electrons. The molecule has 0 unspecified atom stereocenters. The quantitative estimate of drug-likeness (QED) is 0.602. The molecule has 34 heavy (non-hydrogen) atoms. The fourth-order valence-corrected chi connectivity index (χ4v) is 4.40. The second kappa shape index (κ2) is 9.89. The van der Waals surface area contributed by atoms with Gasteiger partial charge in [-0.25, -0.2) is 0 Å². The third kappa shape index (κ3) is 4.94. The Hall–Kier alpha value is -3.32. The van der Waals surface area contributed by atoms with Crippen LogP contribution in [-0.2, 0) is 7.05 Å². The Morgan fingerprint density at radius 3 is 2.44 bits per heavy atom. The number of carbonyl (C=O) groups is 1. The number of likely N-dealkylation sites (N-methyl/N-ethyl adjacent to an activating group) is 1. The van der Waals surface area contributed by atoms with Gasteiger partial charge in [0.1, 0.15) is 5.75 Å². The van der Waals surface area contributed by atoms with Crippen LogP contribution in [0.3, 0.4) is 0 Å². The van der Waals surface area contributed by atoms with Gasteiger partial charge in [-0.05, 0) is 74.8 Å². The number of nitrogens with one attached hydrogen (secondary N) is 1. The first-order valence-corrected chi connectivity index (χ1v) is 11.8. The summed E-state index contributed by atoms with van der Waals surface area (Å²) in [4.78, 5) is 18.0. The number of hydrogen-bond acceptors (Lipinski definition) is 5. The second-order valence-corrected chi connectivity index (χ2v) is 9.25. The number of amides is 1. The Morgan fingerprint density at radius 1 is 1.06 bits per heavy atom. The van der Waals surface area contributed by atoms with Gasteiger partial charge in [0.15, 0.2) is 0 Å². The van der Waals surface area contributed by atoms with E-state index >= 15 is 0 Å². The highest BCUT2D eigenvalue weighted by Crippen LogP contribution is 2.31. The minimum atomic E-state index is -0.190. The summed E-state index contributed by atoms with van der Waals surface area (Å²) in [6.45, 7) is 10.0. The summed E-state index contributed by atoms with van der Waals surface area (Å²) < 4.78 is 7.42. The molecule has 3 aromatic rings. The van der Waals surface area contributed by atoms with Crippen molar-refractivity contribution in [1.29, 1.82) is 0 Å². The zero-order valence-electron chi connectivity index (χ0n) is 21.1. The summed E-state index contributed by atoms with van der Waals surface area (Å²) in [5, 5.41) is 7.57. The van der Waals surface area contributed by atoms with Gasteiger partial charge in [-0.3, -0.25) is 9.48 Å². The van der Waals surface area contributed by atoms with Crippen LogP contribution in [0.2, 0.25) is 0 Å². The van der Waals surface area contributed by atoms with Gasteiger partial charge in [-0.15, -0.1) is 0 Å². The number of aromatic nitrogens is 2.